The van der Waals surface area contributed by atoms with E-state index < -0.39 is 12.1 Å². The third-order valence-electron chi connectivity index (χ3n) is 4.18. The van der Waals surface area contributed by atoms with Crippen LogP contribution in [-0.4, -0.2) is 28.2 Å². The molecule has 8 heteroatoms. The van der Waals surface area contributed by atoms with Gasteiger partial charge in [-0.2, -0.15) is 13.2 Å². The molecule has 2 N–H and O–H groups in total. The van der Waals surface area contributed by atoms with Crippen molar-refractivity contribution in [3.05, 3.63) is 54.1 Å². The zero-order chi connectivity index (χ0) is 19.5. The number of unbranched alkanes of at least 4 members (excludes halogenated alkanes) is 3. The van der Waals surface area contributed by atoms with Crippen molar-refractivity contribution in [2.45, 2.75) is 51.5 Å². The maximum atomic E-state index is 12.0. The van der Waals surface area contributed by atoms with Crippen LogP contribution in [-0.2, 0) is 24.4 Å². The van der Waals surface area contributed by atoms with E-state index in [0.29, 0.717) is 6.42 Å². The molecule has 0 aliphatic rings. The fraction of sp³-hybridized carbons (Fsp3) is 0.474. The zero-order valence-corrected chi connectivity index (χ0v) is 15.1. The van der Waals surface area contributed by atoms with E-state index in [2.05, 4.69) is 20.9 Å². The quantitative estimate of drug-likeness (QED) is 0.586. The first-order valence-electron chi connectivity index (χ1n) is 9.05. The van der Waals surface area contributed by atoms with Gasteiger partial charge in [-0.25, -0.2) is 0 Å². The molecule has 27 heavy (non-hydrogen) atoms. The molecule has 2 rings (SSSR count). The maximum Gasteiger partial charge on any atom is 0.471 e. The monoisotopic (exact) mass is 382 g/mol. The summed E-state index contributed by atoms with van der Waals surface area (Å²) in [7, 11) is 0. The van der Waals surface area contributed by atoms with Crippen LogP contribution in [0.25, 0.3) is 0 Å². The van der Waals surface area contributed by atoms with Gasteiger partial charge in [-0.1, -0.05) is 12.8 Å². The van der Waals surface area contributed by atoms with Crippen LogP contribution in [0, 0.1) is 0 Å². The molecular weight excluding hydrogens is 357 g/mol. The molecule has 2 aromatic rings. The second-order valence-corrected chi connectivity index (χ2v) is 6.32. The predicted molar refractivity (Wildman–Crippen MR) is 96.7 cm³/mol. The van der Waals surface area contributed by atoms with Gasteiger partial charge in [0.25, 0.3) is 0 Å². The summed E-state index contributed by atoms with van der Waals surface area (Å²) in [6.07, 6.45) is 3.97. The largest absolute Gasteiger partial charge is 0.471 e. The van der Waals surface area contributed by atoms with E-state index in [4.69, 9.17) is 0 Å². The number of hydrogen-bond acceptors (Lipinski definition) is 3. The van der Waals surface area contributed by atoms with Crippen LogP contribution in [0.3, 0.4) is 0 Å². The molecule has 0 fully saturated rings. The van der Waals surface area contributed by atoms with Gasteiger partial charge < -0.3 is 15.2 Å². The molecule has 0 spiro atoms. The lowest BCUT2D eigenvalue weighted by Crippen LogP contribution is -2.37. The van der Waals surface area contributed by atoms with Crippen molar-refractivity contribution in [3.63, 3.8) is 0 Å². The van der Waals surface area contributed by atoms with Crippen molar-refractivity contribution < 1.29 is 18.0 Å². The Morgan fingerprint density at radius 3 is 2.52 bits per heavy atom. The molecule has 0 bridgehead atoms. The Labute approximate surface area is 157 Å². The Balaban J connectivity index is 1.58. The number of nitrogens with one attached hydrogen (secondary N) is 2. The minimum Gasteiger partial charge on any atom is -0.350 e. The Hall–Kier alpha value is -2.35. The SMILES string of the molecule is O=C(NCCCCCCn1cccc1CNCc1ccncc1)C(F)(F)F. The molecule has 0 aliphatic heterocycles. The van der Waals surface area contributed by atoms with Crippen LogP contribution < -0.4 is 10.6 Å². The van der Waals surface area contributed by atoms with Gasteiger partial charge in [-0.3, -0.25) is 9.78 Å². The van der Waals surface area contributed by atoms with Gasteiger partial charge in [0, 0.05) is 50.5 Å². The molecule has 1 amide bonds. The Morgan fingerprint density at radius 1 is 1.04 bits per heavy atom. The molecule has 0 aromatic carbocycles. The van der Waals surface area contributed by atoms with Crippen molar-refractivity contribution >= 4 is 5.91 Å². The van der Waals surface area contributed by atoms with E-state index in [1.165, 1.54) is 11.3 Å². The van der Waals surface area contributed by atoms with E-state index >= 15 is 0 Å². The number of amides is 1. The topological polar surface area (TPSA) is 59.0 Å². The number of halogens is 3. The van der Waals surface area contributed by atoms with Gasteiger partial charge >= 0.3 is 12.1 Å². The van der Waals surface area contributed by atoms with Crippen LogP contribution in [0.5, 0.6) is 0 Å². The fourth-order valence-corrected chi connectivity index (χ4v) is 2.73. The van der Waals surface area contributed by atoms with E-state index in [9.17, 15) is 18.0 Å². The number of alkyl halides is 3. The number of aryl methyl sites for hydroxylation is 1. The van der Waals surface area contributed by atoms with Gasteiger partial charge in [0.15, 0.2) is 0 Å². The molecule has 0 aliphatic carbocycles. The molecular formula is C19H25F3N4O. The molecule has 0 saturated carbocycles. The van der Waals surface area contributed by atoms with Crippen LogP contribution >= 0.6 is 0 Å². The van der Waals surface area contributed by atoms with Gasteiger partial charge in [0.1, 0.15) is 0 Å². The van der Waals surface area contributed by atoms with E-state index in [0.717, 1.165) is 38.9 Å². The second-order valence-electron chi connectivity index (χ2n) is 6.32. The van der Waals surface area contributed by atoms with Crippen LogP contribution in [0.2, 0.25) is 0 Å². The summed E-state index contributed by atoms with van der Waals surface area (Å²) in [6, 6.07) is 8.04. The van der Waals surface area contributed by atoms with Crippen molar-refractivity contribution in [1.29, 1.82) is 0 Å². The van der Waals surface area contributed by atoms with Crippen molar-refractivity contribution in [1.82, 2.24) is 20.2 Å². The second kappa shape index (κ2) is 10.7. The normalized spacial score (nSPS) is 11.5. The number of hydrogen-bond donors (Lipinski definition) is 2. The maximum absolute atomic E-state index is 12.0. The summed E-state index contributed by atoms with van der Waals surface area (Å²) in [6.45, 7) is 2.47. The molecule has 0 unspecified atom stereocenters. The van der Waals surface area contributed by atoms with E-state index in [1.807, 2.05) is 29.7 Å². The van der Waals surface area contributed by atoms with Gasteiger partial charge in [-0.05, 0) is 42.7 Å². The van der Waals surface area contributed by atoms with Crippen molar-refractivity contribution in [2.24, 2.45) is 0 Å². The van der Waals surface area contributed by atoms with E-state index in [-0.39, 0.29) is 6.54 Å². The first kappa shape index (κ1) is 21.0. The highest BCUT2D eigenvalue weighted by atomic mass is 19.4. The third kappa shape index (κ3) is 7.82. The standard InChI is InChI=1S/C19H25F3N4O/c20-19(21,22)18(27)25-9-3-1-2-4-12-26-13-5-6-17(26)15-24-14-16-7-10-23-11-8-16/h5-8,10-11,13,24H,1-4,9,12,14-15H2,(H,25,27). The third-order valence-corrected chi connectivity index (χ3v) is 4.18. The number of carbonyl (C=O) groups excluding carboxylic acids is 1. The highest BCUT2D eigenvalue weighted by molar-refractivity contribution is 5.81. The summed E-state index contributed by atoms with van der Waals surface area (Å²) >= 11 is 0. The summed E-state index contributed by atoms with van der Waals surface area (Å²) in [5, 5.41) is 5.30. The lowest BCUT2D eigenvalue weighted by Gasteiger charge is -2.11. The zero-order valence-electron chi connectivity index (χ0n) is 15.1. The molecule has 0 atom stereocenters. The lowest BCUT2D eigenvalue weighted by atomic mass is 10.2. The van der Waals surface area contributed by atoms with Crippen LogP contribution in [0.4, 0.5) is 13.2 Å². The van der Waals surface area contributed by atoms with Gasteiger partial charge in [-0.15, -0.1) is 0 Å². The molecule has 5 nitrogen and oxygen atoms in total. The summed E-state index contributed by atoms with van der Waals surface area (Å²) < 4.78 is 38.3. The molecule has 0 radical (unpaired) electrons. The number of aromatic nitrogens is 2. The minimum atomic E-state index is -4.80. The number of carbonyl (C=O) groups is 1. The first-order valence-corrected chi connectivity index (χ1v) is 9.05. The first-order chi connectivity index (χ1) is 13.0. The highest BCUT2D eigenvalue weighted by Gasteiger charge is 2.38. The highest BCUT2D eigenvalue weighted by Crippen LogP contribution is 2.14. The van der Waals surface area contributed by atoms with Crippen molar-refractivity contribution in [2.75, 3.05) is 6.54 Å². The summed E-state index contributed by atoms with van der Waals surface area (Å²) in [4.78, 5) is 14.7. The van der Waals surface area contributed by atoms with E-state index in [1.54, 1.807) is 12.4 Å². The van der Waals surface area contributed by atoms with Crippen molar-refractivity contribution in [3.8, 4) is 0 Å². The van der Waals surface area contributed by atoms with Gasteiger partial charge in [0.05, 0.1) is 0 Å². The fourth-order valence-electron chi connectivity index (χ4n) is 2.73. The molecule has 2 aromatic heterocycles. The Morgan fingerprint density at radius 2 is 1.78 bits per heavy atom. The average molecular weight is 382 g/mol. The van der Waals surface area contributed by atoms with Gasteiger partial charge in [0.2, 0.25) is 0 Å². The smallest absolute Gasteiger partial charge is 0.350 e. The predicted octanol–water partition coefficient (Wildman–Crippen LogP) is 3.41. The van der Waals surface area contributed by atoms with Crippen LogP contribution in [0.1, 0.15) is 36.9 Å². The average Bonchev–Trinajstić information content (AvgIpc) is 3.08. The number of pyridine rings is 1. The molecule has 0 saturated heterocycles. The Bertz CT molecular complexity index is 686. The lowest BCUT2D eigenvalue weighted by molar-refractivity contribution is -0.173. The van der Waals surface area contributed by atoms with Crippen LogP contribution in [0.15, 0.2) is 42.9 Å². The summed E-state index contributed by atoms with van der Waals surface area (Å²) in [5.41, 5.74) is 2.38. The molecule has 2 heterocycles. The number of rotatable bonds is 11. The Kier molecular flexibility index (Phi) is 8.32. The molecule has 148 valence electrons. The minimum absolute atomic E-state index is 0.0615. The summed E-state index contributed by atoms with van der Waals surface area (Å²) in [5.74, 6) is -1.86. The number of nitrogens with zero attached hydrogens (tertiary/aromatic N) is 2.